The van der Waals surface area contributed by atoms with Gasteiger partial charge in [0.15, 0.2) is 0 Å². The van der Waals surface area contributed by atoms with Gasteiger partial charge in [0.1, 0.15) is 49.9 Å². The van der Waals surface area contributed by atoms with Gasteiger partial charge in [0.2, 0.25) is 53.2 Å². The number of phenols is 1. The summed E-state index contributed by atoms with van der Waals surface area (Å²) in [6, 6.07) is 15.4. The zero-order valence-electron chi connectivity index (χ0n) is 86.7. The standard InChI is InChI=1S/C106H165N15O23/c1-74(2)95(97(107)128)117-98(129)86(116-92(125)42-54-135-58-62-139-66-68-141-64-60-137-56-50-113-93(126)72-142-82-21-13-11-10-12-14-22-82)23-15-17-47-111-94(127)73-143-87-38-35-80(34-37-85(96(87)119-109)110-49-55-136-59-63-140-67-65-138-61-57-134-53-41-90(123)112-48-52-121(7,8)9)120(101(108)132)51-18-16-24-91(124)114-78-31-25-75(26-32-78)71-144-102(133)115-79-33-27-76-29-39-88-103(3,83(76)69-79)43-19-45-105(88,5)99(130)118-100(131)106(6)46-20-44-104(4)84-70-81(122)36-28-77(84)30-40-89(104)106/h25-28,31-33,36,69-70,74,80,82,86-89,95,110,119H,10-13,15-21,23-24,29-30,34-35,37-68,71-73,109H2,1-9H3,(H12-,107,108,111,112,113,114,115,116,117,118,122,123,124,125,126,127,128,129,130,131,132,133)/p+1/t80?,82?,86-,87?,88?,89-,95+,103-,104-,105+,106+/m1/s1. The van der Waals surface area contributed by atoms with Gasteiger partial charge in [-0.25, -0.2) is 9.59 Å². The van der Waals surface area contributed by atoms with Gasteiger partial charge in [0.05, 0.1) is 156 Å². The molecule has 38 heteroatoms. The van der Waals surface area contributed by atoms with Gasteiger partial charge in [-0.1, -0.05) is 91.0 Å². The molecule has 12 amide bonds. The number of anilines is 2. The molecule has 0 aliphatic heterocycles. The van der Waals surface area contributed by atoms with Crippen LogP contribution in [0, 0.1) is 40.4 Å². The van der Waals surface area contributed by atoms with Crippen LogP contribution in [-0.4, -0.2) is 289 Å². The minimum atomic E-state index is -1.05. The van der Waals surface area contributed by atoms with E-state index in [9.17, 15) is 57.8 Å². The Morgan fingerprint density at radius 1 is 0.521 bits per heavy atom. The van der Waals surface area contributed by atoms with E-state index in [-0.39, 0.29) is 156 Å². The van der Waals surface area contributed by atoms with Crippen molar-refractivity contribution >= 4 is 76.7 Å². The van der Waals surface area contributed by atoms with Crippen LogP contribution in [0.3, 0.4) is 0 Å². The second-order valence-corrected chi connectivity index (χ2v) is 41.0. The zero-order valence-corrected chi connectivity index (χ0v) is 86.7. The highest BCUT2D eigenvalue weighted by Gasteiger charge is 2.59. The number of urea groups is 1. The molecule has 11 atom stereocenters. The molecule has 6 aliphatic rings. The molecule has 3 aromatic carbocycles. The number of benzene rings is 3. The number of amides is 12. The van der Waals surface area contributed by atoms with Crippen LogP contribution in [0.2, 0.25) is 0 Å². The Kier molecular flexibility index (Phi) is 49.6. The summed E-state index contributed by atoms with van der Waals surface area (Å²) in [6.07, 6.45) is 14.8. The Labute approximate surface area is 850 Å². The molecule has 144 heavy (non-hydrogen) atoms. The normalized spacial score (nSPS) is 21.8. The molecule has 0 saturated heterocycles. The molecule has 0 aromatic heterocycles. The van der Waals surface area contributed by atoms with Crippen LogP contribution < -0.4 is 70.6 Å². The maximum absolute atomic E-state index is 14.9. The lowest BCUT2D eigenvalue weighted by Gasteiger charge is -2.56. The van der Waals surface area contributed by atoms with E-state index in [0.717, 1.165) is 111 Å². The lowest BCUT2D eigenvalue weighted by Crippen LogP contribution is -2.60. The molecule has 2 fully saturated rings. The van der Waals surface area contributed by atoms with Crippen molar-refractivity contribution in [3.8, 4) is 17.6 Å². The molecule has 9 rings (SSSR count). The van der Waals surface area contributed by atoms with Gasteiger partial charge >= 0.3 is 12.1 Å². The summed E-state index contributed by atoms with van der Waals surface area (Å²) >= 11 is 0. The fraction of sp³-hybridized carbons (Fsp3) is 0.689. The van der Waals surface area contributed by atoms with E-state index >= 15 is 0 Å². The molecule has 38 nitrogen and oxygen atoms in total. The number of likely N-dealkylation sites (N-methyl/N-ethyl adjacent to an activating group) is 1. The number of unbranched alkanes of at least 4 members (excludes halogenated alkanes) is 2. The van der Waals surface area contributed by atoms with E-state index in [1.54, 1.807) is 49.1 Å². The largest absolute Gasteiger partial charge is 0.508 e. The molecule has 3 aromatic rings. The van der Waals surface area contributed by atoms with Gasteiger partial charge < -0.3 is 121 Å². The highest BCUT2D eigenvalue weighted by atomic mass is 16.6. The first kappa shape index (κ1) is 117. The third kappa shape index (κ3) is 38.3. The summed E-state index contributed by atoms with van der Waals surface area (Å²) in [5.74, 6) is 9.11. The summed E-state index contributed by atoms with van der Waals surface area (Å²) in [5, 5.41) is 37.0. The number of aromatic hydroxyl groups is 1. The SMILES string of the molecule is CC(C)[C@H](NC(=O)[C@@H](CCCCNC(=O)COC1CCC(N(CCCCC(=O)Nc2ccc(COC(=O)Nc3ccc4c(c3)[C@@]3(C)CCC[C@](C)(C(=O)NC(=O)[C@@]5(C)CCC[C@]6(C)c7cc(O)ccc7CC[C@@H]56)C3CC4)cc2)C(N)=O)CCC(NCCOCCOCCOCCOCCC(=O)NCC[N+](C)(C)C)=C1NN)NC(=O)CCOCCOCCOCCOCCNC(=O)COC1C#CCCCCC1)C(N)=O. The van der Waals surface area contributed by atoms with Crippen LogP contribution >= 0.6 is 0 Å². The number of phenolic OH excluding ortho intramolecular Hbond substituents is 1. The van der Waals surface area contributed by atoms with Gasteiger partial charge in [-0.2, -0.15) is 0 Å². The highest BCUT2D eigenvalue weighted by molar-refractivity contribution is 6.01. The van der Waals surface area contributed by atoms with Crippen LogP contribution in [0.25, 0.3) is 0 Å². The number of allylic oxidation sites excluding steroid dienone is 1. The molecule has 802 valence electrons. The van der Waals surface area contributed by atoms with E-state index < -0.39 is 76.2 Å². The topological polar surface area (TPSA) is 511 Å². The molecule has 6 aliphatic carbocycles. The predicted octanol–water partition coefficient (Wildman–Crippen LogP) is 8.19. The summed E-state index contributed by atoms with van der Waals surface area (Å²) in [7, 11) is 6.20. The minimum absolute atomic E-state index is 0.000257. The third-order valence-corrected chi connectivity index (χ3v) is 28.9. The Hall–Kier alpha value is -10.1. The zero-order chi connectivity index (χ0) is 104. The van der Waals surface area contributed by atoms with E-state index in [1.807, 2.05) is 44.2 Å². The summed E-state index contributed by atoms with van der Waals surface area (Å²) in [5.41, 5.74) is 19.8. The lowest BCUT2D eigenvalue weighted by atomic mass is 9.49. The number of carbonyl (C=O) groups is 11. The van der Waals surface area contributed by atoms with Crippen molar-refractivity contribution in [2.75, 3.05) is 190 Å². The molecule has 0 radical (unpaired) electrons. The van der Waals surface area contributed by atoms with Gasteiger partial charge in [-0.15, -0.1) is 5.92 Å². The van der Waals surface area contributed by atoms with Crippen molar-refractivity contribution in [2.45, 2.75) is 263 Å². The number of fused-ring (bicyclic) bond motifs is 6. The number of primary amides is 2. The number of nitrogens with two attached hydrogens (primary N) is 3. The molecule has 0 spiro atoms. The highest BCUT2D eigenvalue weighted by Crippen LogP contribution is 2.60. The molecule has 0 heterocycles. The number of nitrogens with one attached hydrogen (secondary N) is 10. The maximum Gasteiger partial charge on any atom is 0.411 e. The first-order valence-corrected chi connectivity index (χ1v) is 52.1. The number of rotatable bonds is 63. The smallest absolute Gasteiger partial charge is 0.411 e. The second-order valence-electron chi connectivity index (χ2n) is 41.0. The number of imide groups is 1. The molecule has 0 bridgehead atoms. The Morgan fingerprint density at radius 3 is 1.67 bits per heavy atom. The van der Waals surface area contributed by atoms with Gasteiger partial charge in [0.25, 0.3) is 0 Å². The molecular formula is C106H166N15O23+. The van der Waals surface area contributed by atoms with Crippen molar-refractivity contribution in [1.82, 2.24) is 47.5 Å². The van der Waals surface area contributed by atoms with E-state index in [1.165, 1.54) is 5.56 Å². The monoisotopic (exact) mass is 2020 g/mol. The maximum atomic E-state index is 14.9. The number of aryl methyl sites for hydroxylation is 2. The number of nitrogens with zero attached hydrogens (tertiary/aromatic N) is 2. The number of hydrogen-bond donors (Lipinski definition) is 14. The van der Waals surface area contributed by atoms with Crippen LogP contribution in [0.1, 0.15) is 230 Å². The first-order chi connectivity index (χ1) is 69.1. The van der Waals surface area contributed by atoms with Crippen molar-refractivity contribution in [3.05, 3.63) is 99.9 Å². The third-order valence-electron chi connectivity index (χ3n) is 28.9. The Bertz CT molecular complexity index is 4700. The van der Waals surface area contributed by atoms with Crippen LogP contribution in [0.5, 0.6) is 5.75 Å². The first-order valence-electron chi connectivity index (χ1n) is 52.1. The van der Waals surface area contributed by atoms with Crippen molar-refractivity contribution < 1.29 is 114 Å². The Morgan fingerprint density at radius 2 is 1.08 bits per heavy atom. The van der Waals surface area contributed by atoms with E-state index in [0.29, 0.717) is 185 Å². The van der Waals surface area contributed by atoms with E-state index in [2.05, 4.69) is 100 Å². The number of hydrogen-bond acceptors (Lipinski definition) is 26. The fourth-order valence-corrected chi connectivity index (χ4v) is 20.9. The van der Waals surface area contributed by atoms with Crippen LogP contribution in [-0.2, 0) is 126 Å². The molecule has 4 unspecified atom stereocenters. The number of carbonyl (C=O) groups excluding carboxylic acids is 11. The quantitative estimate of drug-likeness (QED) is 0.00632. The van der Waals surface area contributed by atoms with Crippen LogP contribution in [0.4, 0.5) is 21.0 Å². The van der Waals surface area contributed by atoms with Crippen molar-refractivity contribution in [1.29, 1.82) is 0 Å². The molecular weight excluding hydrogens is 1850 g/mol. The van der Waals surface area contributed by atoms with Crippen molar-refractivity contribution in [3.63, 3.8) is 0 Å². The number of hydrazine groups is 1. The second kappa shape index (κ2) is 60.8. The predicted molar refractivity (Wildman–Crippen MR) is 543 cm³/mol. The van der Waals surface area contributed by atoms with Crippen molar-refractivity contribution in [2.24, 2.45) is 45.9 Å². The lowest BCUT2D eigenvalue weighted by molar-refractivity contribution is -0.869. The number of ether oxygens (including phenoxy) is 11. The average molecular weight is 2020 g/mol. The van der Waals surface area contributed by atoms with E-state index in [4.69, 9.17) is 69.4 Å². The molecule has 17 N–H and O–H groups in total. The van der Waals surface area contributed by atoms with Crippen LogP contribution in [0.15, 0.2) is 72.1 Å². The summed E-state index contributed by atoms with van der Waals surface area (Å²) in [6.45, 7) is 18.6. The van der Waals surface area contributed by atoms with Gasteiger partial charge in [-0.05, 0) is 221 Å². The Balaban J connectivity index is 0.698. The van der Waals surface area contributed by atoms with Gasteiger partial charge in [-0.3, -0.25) is 59.6 Å². The fourth-order valence-electron chi connectivity index (χ4n) is 20.9. The minimum Gasteiger partial charge on any atom is -0.508 e. The summed E-state index contributed by atoms with van der Waals surface area (Å²) in [4.78, 5) is 149. The molecule has 2 saturated carbocycles. The average Bonchev–Trinajstić information content (AvgIpc) is 0.721. The summed E-state index contributed by atoms with van der Waals surface area (Å²) < 4.78 is 63.7. The number of quaternary nitrogens is 1. The van der Waals surface area contributed by atoms with Gasteiger partial charge in [0, 0.05) is 75.0 Å².